The number of nitrogens with two attached hydrogens (primary N) is 1. The van der Waals surface area contributed by atoms with Gasteiger partial charge in [0, 0.05) is 13.1 Å². The Hall–Kier alpha value is -1.35. The third-order valence-corrected chi connectivity index (χ3v) is 4.43. The van der Waals surface area contributed by atoms with Crippen molar-refractivity contribution < 1.29 is 4.79 Å². The van der Waals surface area contributed by atoms with Crippen molar-refractivity contribution in [3.63, 3.8) is 0 Å². The number of benzene rings is 1. The molecule has 2 unspecified atom stereocenters. The van der Waals surface area contributed by atoms with Gasteiger partial charge in [-0.1, -0.05) is 44.2 Å². The summed E-state index contributed by atoms with van der Waals surface area (Å²) >= 11 is 0. The summed E-state index contributed by atoms with van der Waals surface area (Å²) in [5.41, 5.74) is 6.33. The molecule has 0 aromatic heterocycles. The van der Waals surface area contributed by atoms with Crippen LogP contribution in [0.3, 0.4) is 0 Å². The molecule has 0 bridgehead atoms. The van der Waals surface area contributed by atoms with Crippen molar-refractivity contribution in [2.75, 3.05) is 13.1 Å². The van der Waals surface area contributed by atoms with Crippen LogP contribution in [-0.4, -0.2) is 23.9 Å². The Bertz CT molecular complexity index is 467. The third-order valence-electron chi connectivity index (χ3n) is 4.43. The predicted octanol–water partition coefficient (Wildman–Crippen LogP) is 3.15. The Morgan fingerprint density at radius 1 is 1.38 bits per heavy atom. The lowest BCUT2D eigenvalue weighted by Gasteiger charge is -2.38. The molecule has 3 heteroatoms. The van der Waals surface area contributed by atoms with E-state index >= 15 is 0 Å². The number of amides is 1. The van der Waals surface area contributed by atoms with E-state index in [2.05, 4.69) is 13.8 Å². The molecule has 0 saturated carbocycles. The molecule has 2 atom stereocenters. The maximum absolute atomic E-state index is 12.9. The summed E-state index contributed by atoms with van der Waals surface area (Å²) in [6, 6.07) is 9.70. The minimum absolute atomic E-state index is 0.0576. The van der Waals surface area contributed by atoms with E-state index < -0.39 is 5.54 Å². The largest absolute Gasteiger partial charge is 0.341 e. The highest BCUT2D eigenvalue weighted by Gasteiger charge is 2.36. The summed E-state index contributed by atoms with van der Waals surface area (Å²) in [7, 11) is 0. The molecule has 1 heterocycles. The maximum Gasteiger partial charge on any atom is 0.246 e. The first-order valence-corrected chi connectivity index (χ1v) is 8.05. The van der Waals surface area contributed by atoms with Crippen LogP contribution in [0.5, 0.6) is 0 Å². The van der Waals surface area contributed by atoms with Crippen molar-refractivity contribution in [2.24, 2.45) is 17.6 Å². The molecular formula is C18H28N2O. The van der Waals surface area contributed by atoms with Gasteiger partial charge < -0.3 is 10.6 Å². The Balaban J connectivity index is 2.08. The van der Waals surface area contributed by atoms with Crippen LogP contribution in [0.4, 0.5) is 0 Å². The zero-order chi connectivity index (χ0) is 15.5. The summed E-state index contributed by atoms with van der Waals surface area (Å²) in [5.74, 6) is 1.36. The smallest absolute Gasteiger partial charge is 0.246 e. The first kappa shape index (κ1) is 16.0. The second kappa shape index (κ2) is 6.61. The van der Waals surface area contributed by atoms with Gasteiger partial charge >= 0.3 is 0 Å². The fourth-order valence-corrected chi connectivity index (χ4v) is 3.34. The van der Waals surface area contributed by atoms with Gasteiger partial charge in [0.25, 0.3) is 0 Å². The van der Waals surface area contributed by atoms with Gasteiger partial charge in [-0.25, -0.2) is 0 Å². The monoisotopic (exact) mass is 288 g/mol. The molecule has 2 N–H and O–H groups in total. The third kappa shape index (κ3) is 3.85. The van der Waals surface area contributed by atoms with Crippen LogP contribution in [0.25, 0.3) is 0 Å². The summed E-state index contributed by atoms with van der Waals surface area (Å²) in [5, 5.41) is 0. The van der Waals surface area contributed by atoms with Gasteiger partial charge in [-0.2, -0.15) is 0 Å². The number of piperidine rings is 1. The SMILES string of the molecule is CC(C)CC1CCCN(C(=O)C(C)(N)c2ccccc2)C1. The molecule has 21 heavy (non-hydrogen) atoms. The standard InChI is InChI=1S/C18H28N2O/c1-14(2)12-15-8-7-11-20(13-15)17(21)18(3,19)16-9-5-4-6-10-16/h4-6,9-10,14-15H,7-8,11-13,19H2,1-3H3. The minimum atomic E-state index is -0.930. The highest BCUT2D eigenvalue weighted by atomic mass is 16.2. The molecule has 1 saturated heterocycles. The van der Waals surface area contributed by atoms with Crippen LogP contribution in [0, 0.1) is 11.8 Å². The molecule has 0 spiro atoms. The van der Waals surface area contributed by atoms with Crippen molar-refractivity contribution >= 4 is 5.91 Å². The van der Waals surface area contributed by atoms with Crippen LogP contribution < -0.4 is 5.73 Å². The highest BCUT2D eigenvalue weighted by molar-refractivity contribution is 5.87. The molecule has 1 aliphatic heterocycles. The Morgan fingerprint density at radius 2 is 2.05 bits per heavy atom. The molecule has 1 aliphatic rings. The van der Waals surface area contributed by atoms with E-state index in [4.69, 9.17) is 5.73 Å². The fourth-order valence-electron chi connectivity index (χ4n) is 3.34. The Morgan fingerprint density at radius 3 is 2.67 bits per heavy atom. The molecule has 1 amide bonds. The van der Waals surface area contributed by atoms with Crippen molar-refractivity contribution in [1.82, 2.24) is 4.90 Å². The van der Waals surface area contributed by atoms with Crippen molar-refractivity contribution in [3.8, 4) is 0 Å². The lowest BCUT2D eigenvalue weighted by atomic mass is 9.87. The number of hydrogen-bond acceptors (Lipinski definition) is 2. The van der Waals surface area contributed by atoms with Gasteiger partial charge in [0.2, 0.25) is 5.91 Å². The topological polar surface area (TPSA) is 46.3 Å². The lowest BCUT2D eigenvalue weighted by molar-refractivity contribution is -0.138. The zero-order valence-electron chi connectivity index (χ0n) is 13.5. The van der Waals surface area contributed by atoms with Gasteiger partial charge in [-0.3, -0.25) is 4.79 Å². The maximum atomic E-state index is 12.9. The first-order valence-electron chi connectivity index (χ1n) is 8.05. The molecular weight excluding hydrogens is 260 g/mol. The van der Waals surface area contributed by atoms with E-state index in [9.17, 15) is 4.79 Å². The van der Waals surface area contributed by atoms with Gasteiger partial charge in [-0.05, 0) is 43.6 Å². The number of rotatable bonds is 4. The second-order valence-corrected chi connectivity index (χ2v) is 6.96. The lowest BCUT2D eigenvalue weighted by Crippen LogP contribution is -2.53. The Kier molecular flexibility index (Phi) is 5.04. The molecule has 2 rings (SSSR count). The van der Waals surface area contributed by atoms with Gasteiger partial charge in [0.1, 0.15) is 5.54 Å². The molecule has 0 aliphatic carbocycles. The van der Waals surface area contributed by atoms with Crippen LogP contribution in [0.1, 0.15) is 45.6 Å². The molecule has 0 radical (unpaired) electrons. The van der Waals surface area contributed by atoms with Gasteiger partial charge in [0.05, 0.1) is 0 Å². The van der Waals surface area contributed by atoms with Crippen LogP contribution in [-0.2, 0) is 10.3 Å². The number of carbonyl (C=O) groups is 1. The molecule has 116 valence electrons. The number of likely N-dealkylation sites (tertiary alicyclic amines) is 1. The van der Waals surface area contributed by atoms with Crippen LogP contribution >= 0.6 is 0 Å². The average molecular weight is 288 g/mol. The molecule has 1 aromatic carbocycles. The van der Waals surface area contributed by atoms with Crippen LogP contribution in [0.2, 0.25) is 0 Å². The molecule has 3 nitrogen and oxygen atoms in total. The summed E-state index contributed by atoms with van der Waals surface area (Å²) in [6.07, 6.45) is 3.51. The van der Waals surface area contributed by atoms with Crippen LogP contribution in [0.15, 0.2) is 30.3 Å². The van der Waals surface area contributed by atoms with Crippen molar-refractivity contribution in [3.05, 3.63) is 35.9 Å². The zero-order valence-corrected chi connectivity index (χ0v) is 13.5. The molecule has 1 fully saturated rings. The summed E-state index contributed by atoms with van der Waals surface area (Å²) < 4.78 is 0. The predicted molar refractivity (Wildman–Crippen MR) is 86.7 cm³/mol. The van der Waals surface area contributed by atoms with E-state index in [0.717, 1.165) is 25.1 Å². The van der Waals surface area contributed by atoms with E-state index in [1.54, 1.807) is 0 Å². The quantitative estimate of drug-likeness (QED) is 0.925. The fraction of sp³-hybridized carbons (Fsp3) is 0.611. The minimum Gasteiger partial charge on any atom is -0.341 e. The van der Waals surface area contributed by atoms with E-state index in [-0.39, 0.29) is 5.91 Å². The Labute approximate surface area is 128 Å². The molecule has 1 aromatic rings. The number of hydrogen-bond donors (Lipinski definition) is 1. The highest BCUT2D eigenvalue weighted by Crippen LogP contribution is 2.27. The first-order chi connectivity index (χ1) is 9.91. The van der Waals surface area contributed by atoms with E-state index in [0.29, 0.717) is 11.8 Å². The normalized spacial score (nSPS) is 22.1. The average Bonchev–Trinajstić information content (AvgIpc) is 2.47. The second-order valence-electron chi connectivity index (χ2n) is 6.96. The number of carbonyl (C=O) groups excluding carboxylic acids is 1. The number of nitrogens with zero attached hydrogens (tertiary/aromatic N) is 1. The van der Waals surface area contributed by atoms with Crippen molar-refractivity contribution in [2.45, 2.75) is 45.6 Å². The summed E-state index contributed by atoms with van der Waals surface area (Å²) in [6.45, 7) is 8.02. The van der Waals surface area contributed by atoms with Gasteiger partial charge in [-0.15, -0.1) is 0 Å². The van der Waals surface area contributed by atoms with E-state index in [1.165, 1.54) is 12.8 Å². The summed E-state index contributed by atoms with van der Waals surface area (Å²) in [4.78, 5) is 14.8. The van der Waals surface area contributed by atoms with Gasteiger partial charge in [0.15, 0.2) is 0 Å². The van der Waals surface area contributed by atoms with E-state index in [1.807, 2.05) is 42.2 Å². The van der Waals surface area contributed by atoms with Crippen molar-refractivity contribution in [1.29, 1.82) is 0 Å².